The summed E-state index contributed by atoms with van der Waals surface area (Å²) in [5.74, 6) is -0.0747. The number of hydrogen-bond donors (Lipinski definition) is 1. The van der Waals surface area contributed by atoms with Gasteiger partial charge in [-0.3, -0.25) is 14.5 Å². The molecule has 2 aromatic heterocycles. The number of halogens is 1. The Morgan fingerprint density at radius 3 is 2.45 bits per heavy atom. The normalized spacial score (nSPS) is 14.9. The average molecular weight is 472 g/mol. The molecule has 3 heterocycles. The molecule has 0 saturated carbocycles. The minimum atomic E-state index is -0.0384. The number of hydrogen-bond acceptors (Lipinski definition) is 4. The molecule has 0 radical (unpaired) electrons. The van der Waals surface area contributed by atoms with Crippen molar-refractivity contribution in [2.75, 3.05) is 26.2 Å². The van der Waals surface area contributed by atoms with E-state index < -0.39 is 0 Å². The van der Waals surface area contributed by atoms with Crippen LogP contribution in [-0.4, -0.2) is 52.7 Å². The molecule has 29 heavy (non-hydrogen) atoms. The summed E-state index contributed by atoms with van der Waals surface area (Å²) < 4.78 is 1.09. The fourth-order valence-electron chi connectivity index (χ4n) is 3.45. The first-order valence-electron chi connectivity index (χ1n) is 9.55. The van der Waals surface area contributed by atoms with E-state index in [0.29, 0.717) is 24.3 Å². The van der Waals surface area contributed by atoms with Crippen molar-refractivity contribution in [2.24, 2.45) is 0 Å². The molecule has 0 bridgehead atoms. The third-order valence-electron chi connectivity index (χ3n) is 5.15. The topological polar surface area (TPSA) is 56.4 Å². The second kappa shape index (κ2) is 8.65. The Labute approximate surface area is 182 Å². The zero-order valence-electron chi connectivity index (χ0n) is 16.2. The van der Waals surface area contributed by atoms with Gasteiger partial charge in [0.15, 0.2) is 5.78 Å². The van der Waals surface area contributed by atoms with Gasteiger partial charge in [0.05, 0.1) is 0 Å². The van der Waals surface area contributed by atoms with Crippen LogP contribution in [0, 0.1) is 0 Å². The third-order valence-corrected chi connectivity index (χ3v) is 6.80. The van der Waals surface area contributed by atoms with Crippen molar-refractivity contribution in [2.45, 2.75) is 13.5 Å². The van der Waals surface area contributed by atoms with Crippen molar-refractivity contribution < 1.29 is 9.59 Å². The van der Waals surface area contributed by atoms with Crippen molar-refractivity contribution in [3.05, 3.63) is 69.3 Å². The molecule has 1 amide bonds. The molecule has 0 unspecified atom stereocenters. The van der Waals surface area contributed by atoms with E-state index >= 15 is 0 Å². The fourth-order valence-corrected chi connectivity index (χ4v) is 4.77. The minimum Gasteiger partial charge on any atom is -0.356 e. The van der Waals surface area contributed by atoms with Gasteiger partial charge >= 0.3 is 0 Å². The molecule has 1 aromatic carbocycles. The van der Waals surface area contributed by atoms with Gasteiger partial charge in [-0.2, -0.15) is 0 Å². The Bertz CT molecular complexity index is 1020. The lowest BCUT2D eigenvalue weighted by Gasteiger charge is -2.34. The maximum atomic E-state index is 12.6. The Balaban J connectivity index is 1.32. The SMILES string of the molecule is CC(=O)c1c[nH]c(C(=O)N2CCN(Cc3ccc(-c4ccc(Br)cc4)s3)CC2)c1. The summed E-state index contributed by atoms with van der Waals surface area (Å²) in [6.45, 7) is 5.48. The number of benzene rings is 1. The molecule has 0 aliphatic carbocycles. The van der Waals surface area contributed by atoms with E-state index in [2.05, 4.69) is 62.2 Å². The maximum absolute atomic E-state index is 12.6. The van der Waals surface area contributed by atoms with Crippen molar-refractivity contribution in [3.63, 3.8) is 0 Å². The zero-order valence-corrected chi connectivity index (χ0v) is 18.6. The van der Waals surface area contributed by atoms with Crippen LogP contribution in [0.5, 0.6) is 0 Å². The molecule has 1 aliphatic rings. The lowest BCUT2D eigenvalue weighted by Crippen LogP contribution is -2.48. The smallest absolute Gasteiger partial charge is 0.270 e. The molecule has 1 aliphatic heterocycles. The number of Topliss-reactive ketones (excluding diaryl/α,β-unsaturated/α-hetero) is 1. The number of rotatable bonds is 5. The molecule has 7 heteroatoms. The van der Waals surface area contributed by atoms with Crippen molar-refractivity contribution in [1.82, 2.24) is 14.8 Å². The van der Waals surface area contributed by atoms with Gasteiger partial charge in [-0.05, 0) is 42.8 Å². The number of nitrogens with zero attached hydrogens (tertiary/aromatic N) is 2. The van der Waals surface area contributed by atoms with E-state index in [1.54, 1.807) is 12.3 Å². The molecule has 0 spiro atoms. The molecule has 0 atom stereocenters. The van der Waals surface area contributed by atoms with E-state index in [-0.39, 0.29) is 11.7 Å². The quantitative estimate of drug-likeness (QED) is 0.550. The van der Waals surface area contributed by atoms with Crippen molar-refractivity contribution >= 4 is 39.0 Å². The first kappa shape index (κ1) is 20.1. The molecular weight excluding hydrogens is 450 g/mol. The Kier molecular flexibility index (Phi) is 5.99. The van der Waals surface area contributed by atoms with Crippen LogP contribution >= 0.6 is 27.3 Å². The van der Waals surface area contributed by atoms with Gasteiger partial charge in [-0.1, -0.05) is 28.1 Å². The summed E-state index contributed by atoms with van der Waals surface area (Å²) in [6.07, 6.45) is 1.60. The minimum absolute atomic E-state index is 0.0363. The number of carbonyl (C=O) groups is 2. The van der Waals surface area contributed by atoms with E-state index in [0.717, 1.165) is 24.1 Å². The van der Waals surface area contributed by atoms with Crippen LogP contribution < -0.4 is 0 Å². The number of nitrogens with one attached hydrogen (secondary N) is 1. The number of piperazine rings is 1. The van der Waals surface area contributed by atoms with Crippen molar-refractivity contribution in [1.29, 1.82) is 0 Å². The number of carbonyl (C=O) groups excluding carboxylic acids is 2. The summed E-state index contributed by atoms with van der Waals surface area (Å²) >= 11 is 5.30. The van der Waals surface area contributed by atoms with Gasteiger partial charge in [0.1, 0.15) is 5.69 Å². The molecule has 1 N–H and O–H groups in total. The lowest BCUT2D eigenvalue weighted by molar-refractivity contribution is 0.0624. The largest absolute Gasteiger partial charge is 0.356 e. The number of ketones is 1. The van der Waals surface area contributed by atoms with Gasteiger partial charge < -0.3 is 9.88 Å². The molecule has 5 nitrogen and oxygen atoms in total. The number of H-pyrrole nitrogens is 1. The van der Waals surface area contributed by atoms with Crippen LogP contribution in [0.25, 0.3) is 10.4 Å². The van der Waals surface area contributed by atoms with Gasteiger partial charge in [-0.15, -0.1) is 11.3 Å². The van der Waals surface area contributed by atoms with Crippen molar-refractivity contribution in [3.8, 4) is 10.4 Å². The van der Waals surface area contributed by atoms with E-state index in [4.69, 9.17) is 0 Å². The van der Waals surface area contributed by atoms with E-state index in [9.17, 15) is 9.59 Å². The Morgan fingerprint density at radius 1 is 1.07 bits per heavy atom. The van der Waals surface area contributed by atoms with E-state index in [1.807, 2.05) is 16.2 Å². The van der Waals surface area contributed by atoms with Crippen LogP contribution in [0.3, 0.4) is 0 Å². The average Bonchev–Trinajstić information content (AvgIpc) is 3.39. The first-order valence-corrected chi connectivity index (χ1v) is 11.2. The van der Waals surface area contributed by atoms with Crippen LogP contribution in [0.1, 0.15) is 32.6 Å². The standard InChI is InChI=1S/C22H22BrN3O2S/c1-15(27)17-12-20(24-13-17)22(28)26-10-8-25(9-11-26)14-19-6-7-21(29-19)16-2-4-18(23)5-3-16/h2-7,12-13,24H,8-11,14H2,1H3. The highest BCUT2D eigenvalue weighted by atomic mass is 79.9. The van der Waals surface area contributed by atoms with Gasteiger partial charge in [0, 0.05) is 58.7 Å². The lowest BCUT2D eigenvalue weighted by atomic mass is 10.2. The van der Waals surface area contributed by atoms with Crippen LogP contribution in [0.2, 0.25) is 0 Å². The Hall–Kier alpha value is -2.22. The molecule has 1 saturated heterocycles. The highest BCUT2D eigenvalue weighted by Crippen LogP contribution is 2.30. The zero-order chi connectivity index (χ0) is 20.4. The van der Waals surface area contributed by atoms with Crippen LogP contribution in [0.15, 0.2) is 53.1 Å². The second-order valence-electron chi connectivity index (χ2n) is 7.20. The molecule has 1 fully saturated rings. The van der Waals surface area contributed by atoms with Crippen LogP contribution in [-0.2, 0) is 6.54 Å². The third kappa shape index (κ3) is 4.69. The van der Waals surface area contributed by atoms with Gasteiger partial charge in [0.2, 0.25) is 0 Å². The number of thiophene rings is 1. The maximum Gasteiger partial charge on any atom is 0.270 e. The number of aromatic amines is 1. The van der Waals surface area contributed by atoms with Gasteiger partial charge in [0.25, 0.3) is 5.91 Å². The summed E-state index contributed by atoms with van der Waals surface area (Å²) in [6, 6.07) is 14.4. The molecule has 4 rings (SSSR count). The molecular formula is C22H22BrN3O2S. The van der Waals surface area contributed by atoms with Gasteiger partial charge in [-0.25, -0.2) is 0 Å². The predicted octanol–water partition coefficient (Wildman–Crippen LogP) is 4.67. The fraction of sp³-hybridized carbons (Fsp3) is 0.273. The highest BCUT2D eigenvalue weighted by Gasteiger charge is 2.23. The summed E-state index contributed by atoms with van der Waals surface area (Å²) in [5, 5.41) is 0. The predicted molar refractivity (Wildman–Crippen MR) is 119 cm³/mol. The highest BCUT2D eigenvalue weighted by molar-refractivity contribution is 9.10. The monoisotopic (exact) mass is 471 g/mol. The summed E-state index contributed by atoms with van der Waals surface area (Å²) in [7, 11) is 0. The van der Waals surface area contributed by atoms with Crippen LogP contribution in [0.4, 0.5) is 0 Å². The first-order chi connectivity index (χ1) is 14.0. The summed E-state index contributed by atoms with van der Waals surface area (Å²) in [4.78, 5) is 33.9. The Morgan fingerprint density at radius 2 is 1.79 bits per heavy atom. The van der Waals surface area contributed by atoms with E-state index in [1.165, 1.54) is 22.2 Å². The summed E-state index contributed by atoms with van der Waals surface area (Å²) in [5.41, 5.74) is 2.27. The molecule has 150 valence electrons. The number of amides is 1. The number of aromatic nitrogens is 1. The molecule has 3 aromatic rings. The second-order valence-corrected chi connectivity index (χ2v) is 9.28.